The molecule has 2 rings (SSSR count). The number of urea groups is 1. The summed E-state index contributed by atoms with van der Waals surface area (Å²) in [5.74, 6) is -0.356. The number of benzene rings is 1. The molecule has 1 saturated heterocycles. The van der Waals surface area contributed by atoms with E-state index < -0.39 is 17.5 Å². The van der Waals surface area contributed by atoms with Crippen molar-refractivity contribution >= 4 is 29.2 Å². The van der Waals surface area contributed by atoms with Crippen molar-refractivity contribution in [1.29, 1.82) is 0 Å². The molecule has 8 nitrogen and oxygen atoms in total. The van der Waals surface area contributed by atoms with E-state index in [1.807, 2.05) is 13.8 Å². The second-order valence-electron chi connectivity index (χ2n) is 5.62. The summed E-state index contributed by atoms with van der Waals surface area (Å²) in [5.41, 5.74) is 5.70. The fraction of sp³-hybridized carbons (Fsp3) is 0.438. The monoisotopic (exact) mass is 334 g/mol. The number of nitrogens with zero attached hydrogens (tertiary/aromatic N) is 1. The van der Waals surface area contributed by atoms with E-state index in [-0.39, 0.29) is 12.5 Å². The van der Waals surface area contributed by atoms with Crippen LogP contribution in [0.15, 0.2) is 18.2 Å². The third-order valence-electron chi connectivity index (χ3n) is 4.27. The Morgan fingerprint density at radius 2 is 2.00 bits per heavy atom. The molecule has 4 amide bonds. The summed E-state index contributed by atoms with van der Waals surface area (Å²) in [6, 6.07) is 4.25. The zero-order valence-corrected chi connectivity index (χ0v) is 14.0. The Labute approximate surface area is 140 Å². The van der Waals surface area contributed by atoms with Gasteiger partial charge < -0.3 is 21.1 Å². The van der Waals surface area contributed by atoms with Crippen LogP contribution in [0.1, 0.15) is 26.7 Å². The summed E-state index contributed by atoms with van der Waals surface area (Å²) < 4.78 is 5.04. The van der Waals surface area contributed by atoms with Gasteiger partial charge in [0, 0.05) is 5.69 Å². The number of hydrogen-bond acceptors (Lipinski definition) is 5. The van der Waals surface area contributed by atoms with Crippen LogP contribution in [0.2, 0.25) is 0 Å². The molecule has 1 fully saturated rings. The van der Waals surface area contributed by atoms with Gasteiger partial charge in [0.15, 0.2) is 0 Å². The van der Waals surface area contributed by atoms with Crippen molar-refractivity contribution in [2.75, 3.05) is 24.7 Å². The van der Waals surface area contributed by atoms with Gasteiger partial charge in [0.05, 0.1) is 12.8 Å². The van der Waals surface area contributed by atoms with Gasteiger partial charge in [-0.05, 0) is 31.0 Å². The van der Waals surface area contributed by atoms with Crippen molar-refractivity contribution in [3.8, 4) is 5.75 Å². The number of amides is 4. The summed E-state index contributed by atoms with van der Waals surface area (Å²) in [5, 5.41) is 5.30. The third-order valence-corrected chi connectivity index (χ3v) is 4.27. The topological polar surface area (TPSA) is 114 Å². The molecule has 1 aromatic rings. The summed E-state index contributed by atoms with van der Waals surface area (Å²) >= 11 is 0. The van der Waals surface area contributed by atoms with Gasteiger partial charge in [-0.25, -0.2) is 4.79 Å². The molecule has 1 aliphatic rings. The zero-order valence-electron chi connectivity index (χ0n) is 14.0. The lowest BCUT2D eigenvalue weighted by molar-refractivity contribution is -0.134. The van der Waals surface area contributed by atoms with Gasteiger partial charge in [0.1, 0.15) is 17.8 Å². The average Bonchev–Trinajstić information content (AvgIpc) is 2.79. The highest BCUT2D eigenvalue weighted by molar-refractivity contribution is 6.10. The van der Waals surface area contributed by atoms with Crippen molar-refractivity contribution in [2.45, 2.75) is 32.2 Å². The lowest BCUT2D eigenvalue weighted by atomic mass is 9.93. The maximum Gasteiger partial charge on any atom is 0.325 e. The lowest BCUT2D eigenvalue weighted by Crippen LogP contribution is -2.46. The molecular weight excluding hydrogens is 312 g/mol. The van der Waals surface area contributed by atoms with E-state index >= 15 is 0 Å². The first-order valence-corrected chi connectivity index (χ1v) is 7.74. The standard InChI is InChI=1S/C16H22N4O4/c1-4-16(5-2)14(22)20(15(23)19-16)9-13(21)18-10-6-7-12(24-3)11(17)8-10/h6-8H,4-5,9,17H2,1-3H3,(H,18,21)(H,19,23). The molecule has 0 bridgehead atoms. The van der Waals surface area contributed by atoms with Crippen LogP contribution in [0.25, 0.3) is 0 Å². The largest absolute Gasteiger partial charge is 0.495 e. The number of anilines is 2. The number of nitrogens with two attached hydrogens (primary N) is 1. The Morgan fingerprint density at radius 3 is 2.50 bits per heavy atom. The van der Waals surface area contributed by atoms with Crippen LogP contribution in [0.4, 0.5) is 16.2 Å². The summed E-state index contributed by atoms with van der Waals surface area (Å²) in [7, 11) is 1.50. The van der Waals surface area contributed by atoms with Gasteiger partial charge >= 0.3 is 6.03 Å². The van der Waals surface area contributed by atoms with Crippen LogP contribution in [-0.2, 0) is 9.59 Å². The van der Waals surface area contributed by atoms with Crippen LogP contribution in [0, 0.1) is 0 Å². The number of carbonyl (C=O) groups is 3. The maximum atomic E-state index is 12.5. The molecule has 1 aromatic carbocycles. The van der Waals surface area contributed by atoms with E-state index in [1.165, 1.54) is 7.11 Å². The second-order valence-corrected chi connectivity index (χ2v) is 5.62. The SMILES string of the molecule is CCC1(CC)NC(=O)N(CC(=O)Nc2ccc(OC)c(N)c2)C1=O. The predicted octanol–water partition coefficient (Wildman–Crippen LogP) is 1.33. The van der Waals surface area contributed by atoms with Gasteiger partial charge in [-0.1, -0.05) is 13.8 Å². The van der Waals surface area contributed by atoms with Crippen molar-refractivity contribution in [1.82, 2.24) is 10.2 Å². The molecule has 8 heteroatoms. The number of nitrogens with one attached hydrogen (secondary N) is 2. The van der Waals surface area contributed by atoms with E-state index in [1.54, 1.807) is 18.2 Å². The number of carbonyl (C=O) groups excluding carboxylic acids is 3. The number of nitrogen functional groups attached to an aromatic ring is 1. The van der Waals surface area contributed by atoms with Gasteiger partial charge in [0.2, 0.25) is 5.91 Å². The number of imide groups is 1. The number of hydrogen-bond donors (Lipinski definition) is 3. The molecule has 24 heavy (non-hydrogen) atoms. The number of ether oxygens (including phenoxy) is 1. The minimum Gasteiger partial charge on any atom is -0.495 e. The van der Waals surface area contributed by atoms with Crippen LogP contribution >= 0.6 is 0 Å². The smallest absolute Gasteiger partial charge is 0.325 e. The lowest BCUT2D eigenvalue weighted by Gasteiger charge is -2.23. The second kappa shape index (κ2) is 6.77. The van der Waals surface area contributed by atoms with Gasteiger partial charge in [0.25, 0.3) is 5.91 Å². The third kappa shape index (κ3) is 3.12. The summed E-state index contributed by atoms with van der Waals surface area (Å²) in [6.45, 7) is 3.30. The van der Waals surface area contributed by atoms with Crippen LogP contribution in [0.5, 0.6) is 5.75 Å². The summed E-state index contributed by atoms with van der Waals surface area (Å²) in [6.07, 6.45) is 0.947. The van der Waals surface area contributed by atoms with Crippen molar-refractivity contribution in [3.05, 3.63) is 18.2 Å². The molecule has 0 radical (unpaired) electrons. The Balaban J connectivity index is 2.06. The zero-order chi connectivity index (χ0) is 17.9. The first-order valence-electron chi connectivity index (χ1n) is 7.74. The van der Waals surface area contributed by atoms with Crippen LogP contribution in [0.3, 0.4) is 0 Å². The normalized spacial score (nSPS) is 16.0. The predicted molar refractivity (Wildman–Crippen MR) is 89.6 cm³/mol. The van der Waals surface area contributed by atoms with E-state index in [2.05, 4.69) is 10.6 Å². The van der Waals surface area contributed by atoms with E-state index in [4.69, 9.17) is 10.5 Å². The Morgan fingerprint density at radius 1 is 1.33 bits per heavy atom. The van der Waals surface area contributed by atoms with Gasteiger partial charge in [-0.2, -0.15) is 0 Å². The molecule has 0 unspecified atom stereocenters. The van der Waals surface area contributed by atoms with E-state index in [0.717, 1.165) is 4.90 Å². The quantitative estimate of drug-likeness (QED) is 0.536. The fourth-order valence-corrected chi connectivity index (χ4v) is 2.71. The first kappa shape index (κ1) is 17.6. The number of methoxy groups -OCH3 is 1. The van der Waals surface area contributed by atoms with Crippen molar-refractivity contribution in [2.24, 2.45) is 0 Å². The highest BCUT2D eigenvalue weighted by Gasteiger charge is 2.49. The van der Waals surface area contributed by atoms with E-state index in [9.17, 15) is 14.4 Å². The molecule has 1 heterocycles. The molecule has 0 aromatic heterocycles. The Kier molecular flexibility index (Phi) is 4.96. The minimum atomic E-state index is -0.915. The Hall–Kier alpha value is -2.77. The average molecular weight is 334 g/mol. The van der Waals surface area contributed by atoms with Crippen molar-refractivity contribution < 1.29 is 19.1 Å². The van der Waals surface area contributed by atoms with E-state index in [0.29, 0.717) is 30.0 Å². The van der Waals surface area contributed by atoms with Crippen LogP contribution < -0.4 is 21.1 Å². The van der Waals surface area contributed by atoms with Crippen molar-refractivity contribution in [3.63, 3.8) is 0 Å². The molecule has 0 aliphatic carbocycles. The van der Waals surface area contributed by atoms with Gasteiger partial charge in [-0.3, -0.25) is 14.5 Å². The molecule has 4 N–H and O–H groups in total. The molecule has 130 valence electrons. The number of rotatable bonds is 6. The fourth-order valence-electron chi connectivity index (χ4n) is 2.71. The summed E-state index contributed by atoms with van der Waals surface area (Å²) in [4.78, 5) is 37.6. The molecule has 0 atom stereocenters. The molecule has 0 saturated carbocycles. The molecule has 1 aliphatic heterocycles. The minimum absolute atomic E-state index is 0.349. The maximum absolute atomic E-state index is 12.5. The first-order chi connectivity index (χ1) is 11.4. The highest BCUT2D eigenvalue weighted by atomic mass is 16.5. The molecular formula is C16H22N4O4. The molecule has 0 spiro atoms. The highest BCUT2D eigenvalue weighted by Crippen LogP contribution is 2.26. The Bertz CT molecular complexity index is 670. The van der Waals surface area contributed by atoms with Crippen LogP contribution in [-0.4, -0.2) is 41.9 Å². The van der Waals surface area contributed by atoms with Gasteiger partial charge in [-0.15, -0.1) is 0 Å².